The van der Waals surface area contributed by atoms with Gasteiger partial charge in [-0.25, -0.2) is 4.39 Å². The van der Waals surface area contributed by atoms with Crippen LogP contribution in [0.5, 0.6) is 5.88 Å². The summed E-state index contributed by atoms with van der Waals surface area (Å²) >= 11 is 0. The van der Waals surface area contributed by atoms with Gasteiger partial charge in [-0.15, -0.1) is 0 Å². The molecule has 0 spiro atoms. The molecule has 0 atom stereocenters. The van der Waals surface area contributed by atoms with Gasteiger partial charge >= 0.3 is 0 Å². The van der Waals surface area contributed by atoms with E-state index in [1.165, 1.54) is 32.4 Å². The Morgan fingerprint density at radius 2 is 1.79 bits per heavy atom. The van der Waals surface area contributed by atoms with E-state index in [4.69, 9.17) is 9.15 Å². The molecule has 2 N–H and O–H groups in total. The summed E-state index contributed by atoms with van der Waals surface area (Å²) in [5.74, 6) is -0.0296. The lowest BCUT2D eigenvalue weighted by Crippen LogP contribution is -2.18. The topological polar surface area (TPSA) is 84.3 Å². The van der Waals surface area contributed by atoms with E-state index in [0.717, 1.165) is 5.56 Å². The second kappa shape index (κ2) is 7.27. The van der Waals surface area contributed by atoms with Crippen molar-refractivity contribution in [2.75, 3.05) is 14.2 Å². The van der Waals surface area contributed by atoms with Gasteiger partial charge in [0.1, 0.15) is 17.2 Å². The fourth-order valence-corrected chi connectivity index (χ4v) is 3.26. The molecule has 0 saturated carbocycles. The van der Waals surface area contributed by atoms with Crippen LogP contribution in [0, 0.1) is 5.82 Å². The van der Waals surface area contributed by atoms with Gasteiger partial charge in [0.25, 0.3) is 11.5 Å². The minimum absolute atomic E-state index is 0.278. The molecule has 0 aliphatic rings. The van der Waals surface area contributed by atoms with Gasteiger partial charge in [0.05, 0.1) is 12.7 Å². The number of carbonyl (C=O) groups excluding carboxylic acids is 1. The number of pyridine rings is 1. The lowest BCUT2D eigenvalue weighted by atomic mass is 10.0. The summed E-state index contributed by atoms with van der Waals surface area (Å²) in [6.45, 7) is 0. The summed E-state index contributed by atoms with van der Waals surface area (Å²) < 4.78 is 24.6. The molecule has 0 fully saturated rings. The Balaban J connectivity index is 1.96. The third-order valence-electron chi connectivity index (χ3n) is 4.65. The van der Waals surface area contributed by atoms with Crippen LogP contribution in [-0.2, 0) is 0 Å². The zero-order valence-corrected chi connectivity index (χ0v) is 15.7. The van der Waals surface area contributed by atoms with E-state index in [9.17, 15) is 14.0 Å². The van der Waals surface area contributed by atoms with Gasteiger partial charge in [-0.2, -0.15) is 0 Å². The van der Waals surface area contributed by atoms with Crippen molar-refractivity contribution in [1.82, 2.24) is 10.3 Å². The molecule has 0 bridgehead atoms. The number of hydrogen-bond donors (Lipinski definition) is 2. The Morgan fingerprint density at radius 1 is 1.07 bits per heavy atom. The predicted octanol–water partition coefficient (Wildman–Crippen LogP) is 3.96. The van der Waals surface area contributed by atoms with Gasteiger partial charge in [0, 0.05) is 29.6 Å². The second-order valence-corrected chi connectivity index (χ2v) is 6.37. The number of H-pyrrole nitrogens is 1. The quantitative estimate of drug-likeness (QED) is 0.551. The van der Waals surface area contributed by atoms with Crippen molar-refractivity contribution < 1.29 is 18.3 Å². The molecule has 1 amide bonds. The predicted molar refractivity (Wildman–Crippen MR) is 108 cm³/mol. The molecule has 2 heterocycles. The molecule has 0 aliphatic heterocycles. The molecule has 7 heteroatoms. The van der Waals surface area contributed by atoms with Gasteiger partial charge in [-0.05, 0) is 48.0 Å². The highest BCUT2D eigenvalue weighted by Gasteiger charge is 2.22. The maximum atomic E-state index is 13.3. The maximum absolute atomic E-state index is 13.3. The fourth-order valence-electron chi connectivity index (χ4n) is 3.26. The molecule has 4 aromatic rings. The number of benzene rings is 2. The Labute approximate surface area is 164 Å². The zero-order chi connectivity index (χ0) is 20.5. The molecular weight excluding hydrogens is 375 g/mol. The average Bonchev–Trinajstić information content (AvgIpc) is 3.12. The minimum atomic E-state index is -0.376. The number of halogens is 1. The number of hydrogen-bond acceptors (Lipinski definition) is 4. The monoisotopic (exact) mass is 392 g/mol. The molecule has 4 rings (SSSR count). The van der Waals surface area contributed by atoms with Crippen LogP contribution in [0.25, 0.3) is 33.4 Å². The average molecular weight is 392 g/mol. The van der Waals surface area contributed by atoms with Crippen LogP contribution in [0.3, 0.4) is 0 Å². The van der Waals surface area contributed by atoms with Crippen LogP contribution in [-0.4, -0.2) is 25.0 Å². The fraction of sp³-hybridized carbons (Fsp3) is 0.0909. The van der Waals surface area contributed by atoms with Crippen molar-refractivity contribution in [2.24, 2.45) is 0 Å². The number of rotatable bonds is 4. The van der Waals surface area contributed by atoms with Crippen LogP contribution < -0.4 is 15.6 Å². The van der Waals surface area contributed by atoms with Crippen LogP contribution >= 0.6 is 0 Å². The standard InChI is InChI=1S/C22H17FN2O4/c1-24-21(27)19-16-11-13(15-8-10-18(26)25-22(15)28-2)5-9-17(16)29-20(19)12-3-6-14(23)7-4-12/h3-11H,1-2H3,(H,24,27)(H,25,26). The summed E-state index contributed by atoms with van der Waals surface area (Å²) in [7, 11) is 3.00. The first kappa shape index (κ1) is 18.5. The molecule has 2 aromatic heterocycles. The smallest absolute Gasteiger partial charge is 0.255 e. The first-order valence-corrected chi connectivity index (χ1v) is 8.84. The third kappa shape index (κ3) is 3.27. The number of amides is 1. The van der Waals surface area contributed by atoms with Gasteiger partial charge in [-0.3, -0.25) is 14.6 Å². The van der Waals surface area contributed by atoms with Crippen molar-refractivity contribution >= 4 is 16.9 Å². The second-order valence-electron chi connectivity index (χ2n) is 6.37. The Hall–Kier alpha value is -3.87. The molecule has 146 valence electrons. The number of methoxy groups -OCH3 is 1. The number of carbonyl (C=O) groups is 1. The summed E-state index contributed by atoms with van der Waals surface area (Å²) in [6, 6.07) is 14.2. The van der Waals surface area contributed by atoms with Crippen molar-refractivity contribution in [3.05, 3.63) is 76.3 Å². The summed E-state index contributed by atoms with van der Waals surface area (Å²) in [6.07, 6.45) is 0. The lowest BCUT2D eigenvalue weighted by Gasteiger charge is -2.08. The summed E-state index contributed by atoms with van der Waals surface area (Å²) in [5.41, 5.74) is 2.57. The molecule has 0 unspecified atom stereocenters. The SMILES string of the molecule is CNC(=O)c1c(-c2ccc(F)cc2)oc2ccc(-c3ccc(=O)[nH]c3OC)cc12. The molecular formula is C22H17FN2O4. The normalized spacial score (nSPS) is 10.9. The van der Waals surface area contributed by atoms with Gasteiger partial charge < -0.3 is 14.5 Å². The largest absolute Gasteiger partial charge is 0.482 e. The van der Waals surface area contributed by atoms with Crippen LogP contribution in [0.4, 0.5) is 4.39 Å². The maximum Gasteiger partial charge on any atom is 0.255 e. The summed E-state index contributed by atoms with van der Waals surface area (Å²) in [5, 5.41) is 3.22. The molecule has 0 aliphatic carbocycles. The Bertz CT molecular complexity index is 1270. The van der Waals surface area contributed by atoms with Crippen molar-refractivity contribution in [2.45, 2.75) is 0 Å². The van der Waals surface area contributed by atoms with Gasteiger partial charge in [-0.1, -0.05) is 6.07 Å². The minimum Gasteiger partial charge on any atom is -0.482 e. The highest BCUT2D eigenvalue weighted by Crippen LogP contribution is 2.37. The van der Waals surface area contributed by atoms with E-state index in [0.29, 0.717) is 39.3 Å². The van der Waals surface area contributed by atoms with E-state index >= 15 is 0 Å². The van der Waals surface area contributed by atoms with Crippen LogP contribution in [0.2, 0.25) is 0 Å². The first-order valence-electron chi connectivity index (χ1n) is 8.84. The highest BCUT2D eigenvalue weighted by molar-refractivity contribution is 6.11. The molecule has 6 nitrogen and oxygen atoms in total. The number of furan rings is 1. The molecule has 0 saturated heterocycles. The first-order chi connectivity index (χ1) is 14.0. The number of ether oxygens (including phenoxy) is 1. The number of nitrogens with one attached hydrogen (secondary N) is 2. The van der Waals surface area contributed by atoms with E-state index in [2.05, 4.69) is 10.3 Å². The molecule has 2 aromatic carbocycles. The van der Waals surface area contributed by atoms with Crippen molar-refractivity contribution in [3.8, 4) is 28.3 Å². The van der Waals surface area contributed by atoms with Gasteiger partial charge in [0.2, 0.25) is 5.88 Å². The Kier molecular flexibility index (Phi) is 4.64. The zero-order valence-electron chi connectivity index (χ0n) is 15.7. The van der Waals surface area contributed by atoms with Crippen molar-refractivity contribution in [1.29, 1.82) is 0 Å². The van der Waals surface area contributed by atoms with Crippen LogP contribution in [0.15, 0.2) is 63.8 Å². The number of aromatic nitrogens is 1. The Morgan fingerprint density at radius 3 is 2.48 bits per heavy atom. The van der Waals surface area contributed by atoms with Gasteiger partial charge in [0.15, 0.2) is 0 Å². The van der Waals surface area contributed by atoms with E-state index in [1.54, 1.807) is 30.3 Å². The van der Waals surface area contributed by atoms with E-state index in [-0.39, 0.29) is 17.3 Å². The van der Waals surface area contributed by atoms with Crippen LogP contribution in [0.1, 0.15) is 10.4 Å². The van der Waals surface area contributed by atoms with E-state index in [1.807, 2.05) is 6.07 Å². The number of fused-ring (bicyclic) bond motifs is 1. The highest BCUT2D eigenvalue weighted by atomic mass is 19.1. The number of aromatic amines is 1. The molecule has 0 radical (unpaired) electrons. The summed E-state index contributed by atoms with van der Waals surface area (Å²) in [4.78, 5) is 26.9. The third-order valence-corrected chi connectivity index (χ3v) is 4.65. The van der Waals surface area contributed by atoms with Crippen molar-refractivity contribution in [3.63, 3.8) is 0 Å². The molecule has 29 heavy (non-hydrogen) atoms. The van der Waals surface area contributed by atoms with E-state index < -0.39 is 0 Å². The lowest BCUT2D eigenvalue weighted by molar-refractivity contribution is 0.0964.